The lowest BCUT2D eigenvalue weighted by atomic mass is 9.54. The highest BCUT2D eigenvalue weighted by Crippen LogP contribution is 2.69. The van der Waals surface area contributed by atoms with Crippen molar-refractivity contribution in [3.05, 3.63) is 179 Å². The summed E-state index contributed by atoms with van der Waals surface area (Å²) in [6.45, 7) is 35.7. The summed E-state index contributed by atoms with van der Waals surface area (Å²) in [7, 11) is -0.0125. The van der Waals surface area contributed by atoms with E-state index in [1.54, 1.807) is 41.7 Å². The summed E-state index contributed by atoms with van der Waals surface area (Å²) in [5.74, 6) is -9.70. The molecule has 510 valence electrons. The first-order chi connectivity index (χ1) is 42.7. The van der Waals surface area contributed by atoms with Crippen LogP contribution in [-0.4, -0.2) is 38.2 Å². The SMILES string of the molecule is COc1cc2c(cc1C(c1cc(C(F)(F)F)cc(C(F)(F)F)c1)C(C)(C)C)C(C)(C)CC21CC(C)(C)c2cc(C(C)(C)C(C)(C)C(c3cc4c(cc3OC)C3(CC4(C)C)CC(C)(C)c4cc(C(C)(C)C)c(OC)cc43)c3c(F)c(F)c(P(=O)(O)O)c(F)c3F)c(OC)cc21. The Morgan fingerprint density at radius 3 is 1.06 bits per heavy atom. The van der Waals surface area contributed by atoms with Crippen molar-refractivity contribution in [1.82, 2.24) is 0 Å². The molecule has 0 amide bonds. The smallest absolute Gasteiger partial charge is 0.416 e. The lowest BCUT2D eigenvalue weighted by Gasteiger charge is -2.49. The van der Waals surface area contributed by atoms with Crippen molar-refractivity contribution < 1.29 is 77.2 Å². The third kappa shape index (κ3) is 10.7. The first-order valence-corrected chi connectivity index (χ1v) is 33.4. The van der Waals surface area contributed by atoms with Crippen LogP contribution in [0.25, 0.3) is 0 Å². The number of methoxy groups -OCH3 is 4. The highest BCUT2D eigenvalue weighted by Gasteiger charge is 2.61. The van der Waals surface area contributed by atoms with Crippen LogP contribution >= 0.6 is 7.60 Å². The number of hydrogen-bond donors (Lipinski definition) is 2. The zero-order valence-electron chi connectivity index (χ0n) is 58.0. The summed E-state index contributed by atoms with van der Waals surface area (Å²) in [6, 6.07) is 17.5. The average Bonchev–Trinajstić information content (AvgIpc) is 1.50. The number of benzene rings is 6. The Bertz CT molecular complexity index is 4110. The molecule has 4 unspecified atom stereocenters. The van der Waals surface area contributed by atoms with E-state index in [0.717, 1.165) is 68.0 Å². The molecule has 0 saturated carbocycles. The summed E-state index contributed by atoms with van der Waals surface area (Å²) in [5, 5.41) is -2.04. The standard InChI is InChI=1S/C76H89F10O7P/c1-65(2,3)51-28-45-49(32-55(51)92-21)73(36-69(45,11)12)35-68(9,10)44-27-42(54(91-20)31-48(44)73)59(57-60(77)62(79)64(94(87,88)89)63(80)61(57)78)72(17,18)71(15,16)52-29-46-50(33-56(52)93-22)74(37-70(46,13)14)34-67(7,8)43-26-41(53(90-19)30-47(43)74)58(66(4,5)6)38-23-39(75(81,82)83)25-40(24-38)76(84,85)86/h23-33,58-59H,34-37H2,1-22H3,(H2,87,88,89). The van der Waals surface area contributed by atoms with Crippen molar-refractivity contribution in [2.45, 2.75) is 218 Å². The van der Waals surface area contributed by atoms with E-state index < -0.39 is 120 Å². The Morgan fingerprint density at radius 2 is 0.745 bits per heavy atom. The molecule has 0 aliphatic heterocycles. The van der Waals surface area contributed by atoms with Gasteiger partial charge in [0.25, 0.3) is 0 Å². The van der Waals surface area contributed by atoms with Gasteiger partial charge in [-0.3, -0.25) is 4.57 Å². The molecular formula is C76H89F10O7P. The summed E-state index contributed by atoms with van der Waals surface area (Å²) in [4.78, 5) is 20.5. The normalized spacial score (nSPS) is 21.1. The van der Waals surface area contributed by atoms with Gasteiger partial charge in [0.15, 0.2) is 23.3 Å². The van der Waals surface area contributed by atoms with Crippen LogP contribution in [-0.2, 0) is 60.2 Å². The molecule has 4 aliphatic rings. The maximum atomic E-state index is 17.7. The quantitative estimate of drug-likeness (QED) is 0.0716. The lowest BCUT2D eigenvalue weighted by molar-refractivity contribution is -0.143. The van der Waals surface area contributed by atoms with E-state index in [2.05, 4.69) is 88.3 Å². The fraction of sp³-hybridized carbons (Fsp3) is 0.526. The molecular weight excluding hydrogens is 1250 g/mol. The summed E-state index contributed by atoms with van der Waals surface area (Å²) in [6.07, 6.45) is -7.94. The van der Waals surface area contributed by atoms with Gasteiger partial charge in [0.05, 0.1) is 39.6 Å². The molecule has 4 atom stereocenters. The van der Waals surface area contributed by atoms with E-state index in [9.17, 15) is 40.7 Å². The van der Waals surface area contributed by atoms with Gasteiger partial charge in [-0.1, -0.05) is 149 Å². The summed E-state index contributed by atoms with van der Waals surface area (Å²) < 4.78 is 194. The minimum absolute atomic E-state index is 0.128. The van der Waals surface area contributed by atoms with Crippen LogP contribution in [0.15, 0.2) is 66.7 Å². The van der Waals surface area contributed by atoms with Crippen molar-refractivity contribution in [1.29, 1.82) is 0 Å². The van der Waals surface area contributed by atoms with E-state index in [1.807, 2.05) is 50.2 Å². The average molecular weight is 1340 g/mol. The fourth-order valence-corrected chi connectivity index (χ4v) is 18.7. The van der Waals surface area contributed by atoms with Crippen molar-refractivity contribution >= 4 is 12.9 Å². The molecule has 10 rings (SSSR count). The van der Waals surface area contributed by atoms with Gasteiger partial charge in [-0.15, -0.1) is 0 Å². The van der Waals surface area contributed by atoms with Crippen LogP contribution in [0.3, 0.4) is 0 Å². The van der Waals surface area contributed by atoms with Gasteiger partial charge in [0.1, 0.15) is 28.3 Å². The number of hydrogen-bond acceptors (Lipinski definition) is 5. The Labute approximate surface area is 546 Å². The molecule has 2 N–H and O–H groups in total. The molecule has 2 spiro atoms. The molecule has 18 heteroatoms. The highest BCUT2D eigenvalue weighted by molar-refractivity contribution is 7.60. The van der Waals surface area contributed by atoms with Gasteiger partial charge in [0.2, 0.25) is 0 Å². The third-order valence-electron chi connectivity index (χ3n) is 22.5. The van der Waals surface area contributed by atoms with E-state index in [1.165, 1.54) is 21.3 Å². The van der Waals surface area contributed by atoms with Gasteiger partial charge in [-0.2, -0.15) is 26.3 Å². The molecule has 94 heavy (non-hydrogen) atoms. The van der Waals surface area contributed by atoms with Crippen molar-refractivity contribution in [3.63, 3.8) is 0 Å². The van der Waals surface area contributed by atoms with E-state index in [-0.39, 0.29) is 39.5 Å². The zero-order chi connectivity index (χ0) is 70.5. The predicted octanol–water partition coefficient (Wildman–Crippen LogP) is 20.0. The second-order valence-electron chi connectivity index (χ2n) is 33.1. The number of alkyl halides is 6. The molecule has 4 aliphatic carbocycles. The van der Waals surface area contributed by atoms with Crippen LogP contribution in [0.1, 0.15) is 251 Å². The highest BCUT2D eigenvalue weighted by atomic mass is 31.2. The largest absolute Gasteiger partial charge is 0.496 e. The monoisotopic (exact) mass is 1330 g/mol. The molecule has 0 saturated heterocycles. The maximum Gasteiger partial charge on any atom is 0.416 e. The van der Waals surface area contributed by atoms with Crippen LogP contribution in [0.5, 0.6) is 23.0 Å². The van der Waals surface area contributed by atoms with Gasteiger partial charge < -0.3 is 28.7 Å². The third-order valence-corrected chi connectivity index (χ3v) is 23.4. The van der Waals surface area contributed by atoms with Crippen LogP contribution in [0, 0.1) is 34.1 Å². The molecule has 6 aromatic rings. The number of fused-ring (bicyclic) bond motifs is 8. The molecule has 0 heterocycles. The molecule has 6 aromatic carbocycles. The van der Waals surface area contributed by atoms with Gasteiger partial charge in [-0.25, -0.2) is 17.6 Å². The maximum absolute atomic E-state index is 17.7. The Balaban J connectivity index is 1.19. The second kappa shape index (κ2) is 21.7. The van der Waals surface area contributed by atoms with E-state index >= 15 is 17.6 Å². The fourth-order valence-electron chi connectivity index (χ4n) is 18.0. The number of rotatable bonds is 12. The minimum Gasteiger partial charge on any atom is -0.496 e. The zero-order valence-corrected chi connectivity index (χ0v) is 58.9. The second-order valence-corrected chi connectivity index (χ2v) is 34.6. The Hall–Kier alpha value is -6.03. The number of halogens is 10. The lowest BCUT2D eigenvalue weighted by Crippen LogP contribution is -2.43. The van der Waals surface area contributed by atoms with Crippen LogP contribution in [0.4, 0.5) is 43.9 Å². The van der Waals surface area contributed by atoms with Crippen molar-refractivity contribution in [3.8, 4) is 23.0 Å². The topological polar surface area (TPSA) is 94.5 Å². The molecule has 0 fully saturated rings. The molecule has 7 nitrogen and oxygen atoms in total. The van der Waals surface area contributed by atoms with Gasteiger partial charge in [-0.05, 0) is 167 Å². The van der Waals surface area contributed by atoms with Crippen molar-refractivity contribution in [2.24, 2.45) is 10.8 Å². The Morgan fingerprint density at radius 1 is 0.426 bits per heavy atom. The first-order valence-electron chi connectivity index (χ1n) is 31.8. The molecule has 0 radical (unpaired) electrons. The molecule has 0 aromatic heterocycles. The molecule has 0 bridgehead atoms. The van der Waals surface area contributed by atoms with Crippen molar-refractivity contribution in [2.75, 3.05) is 28.4 Å². The summed E-state index contributed by atoms with van der Waals surface area (Å²) in [5.41, 5.74) is -2.71. The predicted molar refractivity (Wildman–Crippen MR) is 347 cm³/mol. The van der Waals surface area contributed by atoms with E-state index in [4.69, 9.17) is 18.9 Å². The Kier molecular flexibility index (Phi) is 16.4. The van der Waals surface area contributed by atoms with Crippen LogP contribution < -0.4 is 24.3 Å². The number of ether oxygens (including phenoxy) is 4. The van der Waals surface area contributed by atoms with E-state index in [0.29, 0.717) is 42.6 Å². The minimum atomic E-state index is -5.98. The first kappa shape index (κ1) is 70.8. The summed E-state index contributed by atoms with van der Waals surface area (Å²) >= 11 is 0. The van der Waals surface area contributed by atoms with Crippen LogP contribution in [0.2, 0.25) is 0 Å². The van der Waals surface area contributed by atoms with Gasteiger partial charge in [0, 0.05) is 44.9 Å². The van der Waals surface area contributed by atoms with Gasteiger partial charge >= 0.3 is 19.9 Å².